The predicted octanol–water partition coefficient (Wildman–Crippen LogP) is 5.06. The Hall–Kier alpha value is -2.33. The molecule has 1 atom stereocenters. The van der Waals surface area contributed by atoms with Gasteiger partial charge in [-0.05, 0) is 55.3 Å². The van der Waals surface area contributed by atoms with Crippen LogP contribution in [0.5, 0.6) is 5.75 Å². The molecule has 0 heterocycles. The smallest absolute Gasteiger partial charge is 0.265 e. The van der Waals surface area contributed by atoms with E-state index in [-0.39, 0.29) is 5.91 Å². The number of hydrogen-bond acceptors (Lipinski definition) is 3. The SMILES string of the molecule is CCN(CC)Cc1ccc(NC(=O)[C@@H](C)Oc2ccccc2C(C)C)cc1. The van der Waals surface area contributed by atoms with Crippen LogP contribution in [-0.2, 0) is 11.3 Å². The van der Waals surface area contributed by atoms with Crippen LogP contribution in [0.15, 0.2) is 48.5 Å². The number of para-hydroxylation sites is 1. The molecule has 146 valence electrons. The van der Waals surface area contributed by atoms with Gasteiger partial charge in [0.25, 0.3) is 5.91 Å². The van der Waals surface area contributed by atoms with E-state index >= 15 is 0 Å². The monoisotopic (exact) mass is 368 g/mol. The summed E-state index contributed by atoms with van der Waals surface area (Å²) in [4.78, 5) is 14.9. The molecule has 0 aliphatic carbocycles. The topological polar surface area (TPSA) is 41.6 Å². The highest BCUT2D eigenvalue weighted by Gasteiger charge is 2.17. The number of anilines is 1. The van der Waals surface area contributed by atoms with Gasteiger partial charge in [-0.3, -0.25) is 9.69 Å². The molecule has 4 heteroatoms. The van der Waals surface area contributed by atoms with Crippen molar-refractivity contribution >= 4 is 11.6 Å². The number of hydrogen-bond donors (Lipinski definition) is 1. The van der Waals surface area contributed by atoms with Crippen molar-refractivity contribution < 1.29 is 9.53 Å². The fourth-order valence-electron chi connectivity index (χ4n) is 2.95. The third kappa shape index (κ3) is 6.10. The first kappa shape index (κ1) is 21.0. The number of carbonyl (C=O) groups excluding carboxylic acids is 1. The third-order valence-electron chi connectivity index (χ3n) is 4.74. The van der Waals surface area contributed by atoms with Gasteiger partial charge in [0.15, 0.2) is 6.10 Å². The van der Waals surface area contributed by atoms with E-state index < -0.39 is 6.10 Å². The summed E-state index contributed by atoms with van der Waals surface area (Å²) in [5.74, 6) is 0.963. The van der Waals surface area contributed by atoms with Gasteiger partial charge >= 0.3 is 0 Å². The minimum atomic E-state index is -0.569. The zero-order valence-corrected chi connectivity index (χ0v) is 17.2. The third-order valence-corrected chi connectivity index (χ3v) is 4.74. The Morgan fingerprint density at radius 2 is 1.63 bits per heavy atom. The average Bonchev–Trinajstić information content (AvgIpc) is 2.67. The molecule has 1 N–H and O–H groups in total. The summed E-state index contributed by atoms with van der Waals surface area (Å²) in [6.45, 7) is 13.3. The number of rotatable bonds is 9. The number of nitrogens with zero attached hydrogens (tertiary/aromatic N) is 1. The van der Waals surface area contributed by atoms with Crippen LogP contribution in [0.2, 0.25) is 0 Å². The van der Waals surface area contributed by atoms with Gasteiger partial charge in [0, 0.05) is 12.2 Å². The second kappa shape index (κ2) is 10.1. The van der Waals surface area contributed by atoms with Crippen molar-refractivity contribution in [2.45, 2.75) is 53.2 Å². The molecular weight excluding hydrogens is 336 g/mol. The molecule has 4 nitrogen and oxygen atoms in total. The highest BCUT2D eigenvalue weighted by molar-refractivity contribution is 5.94. The quantitative estimate of drug-likeness (QED) is 0.673. The maximum atomic E-state index is 12.5. The Kier molecular flexibility index (Phi) is 7.86. The highest BCUT2D eigenvalue weighted by atomic mass is 16.5. The van der Waals surface area contributed by atoms with Crippen LogP contribution >= 0.6 is 0 Å². The molecule has 2 aromatic carbocycles. The lowest BCUT2D eigenvalue weighted by atomic mass is 10.0. The lowest BCUT2D eigenvalue weighted by molar-refractivity contribution is -0.122. The molecule has 0 aromatic heterocycles. The average molecular weight is 369 g/mol. The first-order valence-electron chi connectivity index (χ1n) is 9.82. The Labute approximate surface area is 163 Å². The Morgan fingerprint density at radius 1 is 1.00 bits per heavy atom. The van der Waals surface area contributed by atoms with Crippen molar-refractivity contribution in [2.75, 3.05) is 18.4 Å². The zero-order valence-electron chi connectivity index (χ0n) is 17.2. The zero-order chi connectivity index (χ0) is 19.8. The van der Waals surface area contributed by atoms with E-state index in [9.17, 15) is 4.79 Å². The van der Waals surface area contributed by atoms with Crippen LogP contribution < -0.4 is 10.1 Å². The van der Waals surface area contributed by atoms with Gasteiger partial charge in [0.1, 0.15) is 5.75 Å². The molecular formula is C23H32N2O2. The summed E-state index contributed by atoms with van der Waals surface area (Å²) in [5, 5.41) is 2.94. The predicted molar refractivity (Wildman–Crippen MR) is 112 cm³/mol. The second-order valence-electron chi connectivity index (χ2n) is 7.10. The summed E-state index contributed by atoms with van der Waals surface area (Å²) in [7, 11) is 0. The van der Waals surface area contributed by atoms with E-state index in [0.29, 0.717) is 5.92 Å². The van der Waals surface area contributed by atoms with Crippen molar-refractivity contribution in [3.63, 3.8) is 0 Å². The van der Waals surface area contributed by atoms with E-state index in [4.69, 9.17) is 4.74 Å². The van der Waals surface area contributed by atoms with Gasteiger partial charge in [0.05, 0.1) is 0 Å². The molecule has 0 unspecified atom stereocenters. The lowest BCUT2D eigenvalue weighted by Gasteiger charge is -2.19. The Balaban J connectivity index is 1.96. The van der Waals surface area contributed by atoms with Crippen LogP contribution in [0, 0.1) is 0 Å². The largest absolute Gasteiger partial charge is 0.481 e. The fraction of sp³-hybridized carbons (Fsp3) is 0.435. The summed E-state index contributed by atoms with van der Waals surface area (Å²) in [6.07, 6.45) is -0.569. The lowest BCUT2D eigenvalue weighted by Crippen LogP contribution is -2.30. The second-order valence-corrected chi connectivity index (χ2v) is 7.10. The van der Waals surface area contributed by atoms with Gasteiger partial charge in [-0.15, -0.1) is 0 Å². The molecule has 0 radical (unpaired) electrons. The first-order valence-corrected chi connectivity index (χ1v) is 9.82. The van der Waals surface area contributed by atoms with Crippen molar-refractivity contribution in [1.82, 2.24) is 4.90 Å². The summed E-state index contributed by atoms with van der Waals surface area (Å²) >= 11 is 0. The molecule has 0 spiro atoms. The first-order chi connectivity index (χ1) is 12.9. The number of nitrogens with one attached hydrogen (secondary N) is 1. The van der Waals surface area contributed by atoms with E-state index in [1.807, 2.05) is 36.4 Å². The maximum absolute atomic E-state index is 12.5. The molecule has 27 heavy (non-hydrogen) atoms. The molecule has 0 saturated heterocycles. The number of benzene rings is 2. The van der Waals surface area contributed by atoms with Gasteiger partial charge < -0.3 is 10.1 Å². The molecule has 2 aromatic rings. The molecule has 1 amide bonds. The van der Waals surface area contributed by atoms with Crippen LogP contribution in [0.3, 0.4) is 0 Å². The Bertz CT molecular complexity index is 721. The van der Waals surface area contributed by atoms with Crippen molar-refractivity contribution in [3.05, 3.63) is 59.7 Å². The number of amides is 1. The van der Waals surface area contributed by atoms with Gasteiger partial charge in [-0.1, -0.05) is 58.0 Å². The maximum Gasteiger partial charge on any atom is 0.265 e. The van der Waals surface area contributed by atoms with Crippen molar-refractivity contribution in [3.8, 4) is 5.75 Å². The van der Waals surface area contributed by atoms with Crippen LogP contribution in [0.1, 0.15) is 51.7 Å². The fourth-order valence-corrected chi connectivity index (χ4v) is 2.95. The molecule has 0 fully saturated rings. The Morgan fingerprint density at radius 3 is 2.22 bits per heavy atom. The van der Waals surface area contributed by atoms with Crippen LogP contribution in [0.4, 0.5) is 5.69 Å². The van der Waals surface area contributed by atoms with E-state index in [1.54, 1.807) is 6.92 Å². The summed E-state index contributed by atoms with van der Waals surface area (Å²) in [5.41, 5.74) is 3.14. The van der Waals surface area contributed by atoms with Crippen LogP contribution in [-0.4, -0.2) is 30.0 Å². The molecule has 0 bridgehead atoms. The molecule has 2 rings (SSSR count). The molecule has 0 aliphatic heterocycles. The minimum absolute atomic E-state index is 0.148. The molecule has 0 aliphatic rings. The number of ether oxygens (including phenoxy) is 1. The van der Waals surface area contributed by atoms with Gasteiger partial charge in [-0.2, -0.15) is 0 Å². The standard InChI is InChI=1S/C23H32N2O2/c1-6-25(7-2)16-19-12-14-20(15-13-19)24-23(26)18(5)27-22-11-9-8-10-21(22)17(3)4/h8-15,17-18H,6-7,16H2,1-5H3,(H,24,26)/t18-/m1/s1. The van der Waals surface area contributed by atoms with E-state index in [1.165, 1.54) is 5.56 Å². The van der Waals surface area contributed by atoms with Gasteiger partial charge in [-0.25, -0.2) is 0 Å². The van der Waals surface area contributed by atoms with Gasteiger partial charge in [0.2, 0.25) is 0 Å². The number of carbonyl (C=O) groups is 1. The van der Waals surface area contributed by atoms with Crippen LogP contribution in [0.25, 0.3) is 0 Å². The van der Waals surface area contributed by atoms with Crippen molar-refractivity contribution in [2.24, 2.45) is 0 Å². The normalized spacial score (nSPS) is 12.3. The highest BCUT2D eigenvalue weighted by Crippen LogP contribution is 2.26. The molecule has 0 saturated carbocycles. The summed E-state index contributed by atoms with van der Waals surface area (Å²) in [6, 6.07) is 15.9. The van der Waals surface area contributed by atoms with E-state index in [2.05, 4.69) is 50.0 Å². The minimum Gasteiger partial charge on any atom is -0.481 e. The van der Waals surface area contributed by atoms with E-state index in [0.717, 1.165) is 36.6 Å². The van der Waals surface area contributed by atoms with Crippen molar-refractivity contribution in [1.29, 1.82) is 0 Å². The summed E-state index contributed by atoms with van der Waals surface area (Å²) < 4.78 is 5.93.